The van der Waals surface area contributed by atoms with Gasteiger partial charge in [0.2, 0.25) is 0 Å². The fourth-order valence-corrected chi connectivity index (χ4v) is 2.43. The van der Waals surface area contributed by atoms with Gasteiger partial charge >= 0.3 is 0 Å². The molecule has 5 nitrogen and oxygen atoms in total. The molecule has 1 aromatic rings. The van der Waals surface area contributed by atoms with Crippen LogP contribution in [0.15, 0.2) is 18.2 Å². The third kappa shape index (κ3) is 3.93. The third-order valence-corrected chi connectivity index (χ3v) is 3.55. The topological polar surface area (TPSA) is 64.4 Å². The number of hydrogen-bond acceptors (Lipinski definition) is 4. The van der Waals surface area contributed by atoms with Crippen molar-refractivity contribution in [1.82, 2.24) is 5.32 Å². The van der Waals surface area contributed by atoms with Gasteiger partial charge in [0.1, 0.15) is 5.75 Å². The number of nitro benzene ring substituents is 1. The van der Waals surface area contributed by atoms with Crippen LogP contribution in [-0.4, -0.2) is 17.1 Å². The van der Waals surface area contributed by atoms with Gasteiger partial charge in [0.05, 0.1) is 11.0 Å². The van der Waals surface area contributed by atoms with Gasteiger partial charge < -0.3 is 10.1 Å². The SMILES string of the molecule is CC(C)NCc1cc([N+](=O)[O-])ccc1OC1CCCC1. The van der Waals surface area contributed by atoms with Crippen LogP contribution in [0.4, 0.5) is 5.69 Å². The lowest BCUT2D eigenvalue weighted by molar-refractivity contribution is -0.384. The van der Waals surface area contributed by atoms with Gasteiger partial charge in [0.25, 0.3) is 5.69 Å². The van der Waals surface area contributed by atoms with Gasteiger partial charge in [-0.25, -0.2) is 0 Å². The van der Waals surface area contributed by atoms with Crippen LogP contribution in [0.3, 0.4) is 0 Å². The molecule has 5 heteroatoms. The van der Waals surface area contributed by atoms with Crippen LogP contribution in [-0.2, 0) is 6.54 Å². The van der Waals surface area contributed by atoms with E-state index in [0.717, 1.165) is 24.2 Å². The Bertz CT molecular complexity index is 468. The van der Waals surface area contributed by atoms with Crippen molar-refractivity contribution in [3.05, 3.63) is 33.9 Å². The zero-order chi connectivity index (χ0) is 14.5. The van der Waals surface area contributed by atoms with Crippen molar-refractivity contribution in [3.8, 4) is 5.75 Å². The summed E-state index contributed by atoms with van der Waals surface area (Å²) in [4.78, 5) is 10.5. The summed E-state index contributed by atoms with van der Waals surface area (Å²) in [6, 6.07) is 5.19. The van der Waals surface area contributed by atoms with E-state index in [-0.39, 0.29) is 16.7 Å². The molecule has 110 valence electrons. The first-order valence-electron chi connectivity index (χ1n) is 7.23. The Labute approximate surface area is 119 Å². The second kappa shape index (κ2) is 6.70. The molecule has 1 saturated carbocycles. The molecule has 1 aliphatic rings. The lowest BCUT2D eigenvalue weighted by Crippen LogP contribution is -2.23. The van der Waals surface area contributed by atoms with Gasteiger partial charge in [-0.05, 0) is 31.7 Å². The van der Waals surface area contributed by atoms with Gasteiger partial charge in [0.15, 0.2) is 0 Å². The number of nitrogens with one attached hydrogen (secondary N) is 1. The zero-order valence-electron chi connectivity index (χ0n) is 12.1. The molecule has 0 aromatic heterocycles. The Morgan fingerprint density at radius 2 is 2.10 bits per heavy atom. The van der Waals surface area contributed by atoms with Gasteiger partial charge in [-0.3, -0.25) is 10.1 Å². The number of rotatable bonds is 6. The van der Waals surface area contributed by atoms with Gasteiger partial charge in [-0.15, -0.1) is 0 Å². The Hall–Kier alpha value is -1.62. The van der Waals surface area contributed by atoms with Crippen molar-refractivity contribution in [2.24, 2.45) is 0 Å². The molecule has 0 spiro atoms. The van der Waals surface area contributed by atoms with Crippen LogP contribution in [0.25, 0.3) is 0 Å². The number of hydrogen-bond donors (Lipinski definition) is 1. The molecule has 2 rings (SSSR count). The van der Waals surface area contributed by atoms with E-state index in [4.69, 9.17) is 4.74 Å². The standard InChI is InChI=1S/C15H22N2O3/c1-11(2)16-10-12-9-13(17(18)19)7-8-15(12)20-14-5-3-4-6-14/h7-9,11,14,16H,3-6,10H2,1-2H3. The number of non-ortho nitro benzene ring substituents is 1. The molecule has 1 N–H and O–H groups in total. The van der Waals surface area contributed by atoms with Crippen LogP contribution >= 0.6 is 0 Å². The third-order valence-electron chi connectivity index (χ3n) is 3.55. The summed E-state index contributed by atoms with van der Waals surface area (Å²) < 4.78 is 6.01. The van der Waals surface area contributed by atoms with Crippen molar-refractivity contribution >= 4 is 5.69 Å². The molecule has 0 saturated heterocycles. The van der Waals surface area contributed by atoms with E-state index in [1.165, 1.54) is 18.9 Å². The van der Waals surface area contributed by atoms with Gasteiger partial charge in [-0.2, -0.15) is 0 Å². The number of nitrogens with zero attached hydrogens (tertiary/aromatic N) is 1. The molecular weight excluding hydrogens is 256 g/mol. The molecule has 1 fully saturated rings. The van der Waals surface area contributed by atoms with Crippen molar-refractivity contribution in [1.29, 1.82) is 0 Å². The lowest BCUT2D eigenvalue weighted by Gasteiger charge is -2.17. The highest BCUT2D eigenvalue weighted by molar-refractivity contribution is 5.44. The van der Waals surface area contributed by atoms with Crippen molar-refractivity contribution in [2.45, 2.75) is 58.2 Å². The zero-order valence-corrected chi connectivity index (χ0v) is 12.1. The van der Waals surface area contributed by atoms with E-state index in [9.17, 15) is 10.1 Å². The Morgan fingerprint density at radius 3 is 2.70 bits per heavy atom. The van der Waals surface area contributed by atoms with E-state index >= 15 is 0 Å². The average molecular weight is 278 g/mol. The van der Waals surface area contributed by atoms with Crippen molar-refractivity contribution in [2.75, 3.05) is 0 Å². The Balaban J connectivity index is 2.16. The molecule has 1 aromatic carbocycles. The predicted octanol–water partition coefficient (Wildman–Crippen LogP) is 3.41. The lowest BCUT2D eigenvalue weighted by atomic mass is 10.1. The molecule has 0 radical (unpaired) electrons. The maximum Gasteiger partial charge on any atom is 0.270 e. The molecule has 0 atom stereocenters. The molecule has 0 heterocycles. The largest absolute Gasteiger partial charge is 0.490 e. The second-order valence-corrected chi connectivity index (χ2v) is 5.61. The molecular formula is C15H22N2O3. The molecule has 20 heavy (non-hydrogen) atoms. The maximum atomic E-state index is 10.9. The van der Waals surface area contributed by atoms with Crippen LogP contribution in [0.2, 0.25) is 0 Å². The van der Waals surface area contributed by atoms with Crippen molar-refractivity contribution < 1.29 is 9.66 Å². The number of benzene rings is 1. The number of nitro groups is 1. The van der Waals surface area contributed by atoms with E-state index < -0.39 is 0 Å². The Kier molecular flexibility index (Phi) is 4.95. The molecule has 0 aliphatic heterocycles. The minimum atomic E-state index is -0.363. The van der Waals surface area contributed by atoms with Crippen LogP contribution in [0.5, 0.6) is 5.75 Å². The monoisotopic (exact) mass is 278 g/mol. The van der Waals surface area contributed by atoms with E-state index in [0.29, 0.717) is 12.6 Å². The Morgan fingerprint density at radius 1 is 1.40 bits per heavy atom. The summed E-state index contributed by atoms with van der Waals surface area (Å²) in [6.07, 6.45) is 4.82. The summed E-state index contributed by atoms with van der Waals surface area (Å²) >= 11 is 0. The van der Waals surface area contributed by atoms with Crippen LogP contribution in [0.1, 0.15) is 45.1 Å². The summed E-state index contributed by atoms with van der Waals surface area (Å²) in [6.45, 7) is 4.69. The summed E-state index contributed by atoms with van der Waals surface area (Å²) in [7, 11) is 0. The minimum Gasteiger partial charge on any atom is -0.490 e. The second-order valence-electron chi connectivity index (χ2n) is 5.61. The highest BCUT2D eigenvalue weighted by atomic mass is 16.6. The van der Waals surface area contributed by atoms with E-state index in [2.05, 4.69) is 19.2 Å². The van der Waals surface area contributed by atoms with Gasteiger partial charge in [-0.1, -0.05) is 13.8 Å². The average Bonchev–Trinajstić information content (AvgIpc) is 2.90. The van der Waals surface area contributed by atoms with Crippen LogP contribution < -0.4 is 10.1 Å². The molecule has 0 bridgehead atoms. The molecule has 0 unspecified atom stereocenters. The summed E-state index contributed by atoms with van der Waals surface area (Å²) in [5.41, 5.74) is 0.976. The summed E-state index contributed by atoms with van der Waals surface area (Å²) in [5.74, 6) is 0.774. The van der Waals surface area contributed by atoms with Gasteiger partial charge in [0, 0.05) is 30.3 Å². The minimum absolute atomic E-state index is 0.115. The highest BCUT2D eigenvalue weighted by Crippen LogP contribution is 2.29. The van der Waals surface area contributed by atoms with Crippen LogP contribution in [0, 0.1) is 10.1 Å². The first-order chi connectivity index (χ1) is 9.56. The van der Waals surface area contributed by atoms with E-state index in [1.54, 1.807) is 12.1 Å². The first-order valence-corrected chi connectivity index (χ1v) is 7.23. The predicted molar refractivity (Wildman–Crippen MR) is 78.0 cm³/mol. The maximum absolute atomic E-state index is 10.9. The smallest absolute Gasteiger partial charge is 0.270 e. The number of ether oxygens (including phenoxy) is 1. The summed E-state index contributed by atoms with van der Waals surface area (Å²) in [5, 5.41) is 14.2. The fraction of sp³-hybridized carbons (Fsp3) is 0.600. The first kappa shape index (κ1) is 14.8. The molecule has 0 amide bonds. The quantitative estimate of drug-likeness (QED) is 0.639. The van der Waals surface area contributed by atoms with E-state index in [1.807, 2.05) is 0 Å². The fourth-order valence-electron chi connectivity index (χ4n) is 2.43. The molecule has 1 aliphatic carbocycles. The highest BCUT2D eigenvalue weighted by Gasteiger charge is 2.19. The normalized spacial score (nSPS) is 15.8. The van der Waals surface area contributed by atoms with Crippen molar-refractivity contribution in [3.63, 3.8) is 0 Å².